The summed E-state index contributed by atoms with van der Waals surface area (Å²) in [7, 11) is 0. The van der Waals surface area contributed by atoms with Crippen molar-refractivity contribution in [3.63, 3.8) is 0 Å². The van der Waals surface area contributed by atoms with Crippen LogP contribution in [-0.4, -0.2) is 0 Å². The highest BCUT2D eigenvalue weighted by molar-refractivity contribution is 5.82. The fourth-order valence-electron chi connectivity index (χ4n) is 7.65. The zero-order chi connectivity index (χ0) is 31.3. The monoisotopic (exact) mass is 604 g/mol. The molecule has 0 aliphatic carbocycles. The first-order valence-electron chi connectivity index (χ1n) is 16.4. The molecule has 3 aromatic heterocycles. The molecule has 2 bridgehead atoms. The SMILES string of the molecule is Cc1cc(-c2ccccc2)c[n+]2c1-c1ccccc1/C1=C/[n+]3ccccc3-c3ccccc3C2Cc2ccccc2-c2cccc[n+]21. The second kappa shape index (κ2) is 11.1. The van der Waals surface area contributed by atoms with Crippen LogP contribution in [-0.2, 0) is 6.42 Å². The van der Waals surface area contributed by atoms with Gasteiger partial charge in [-0.2, -0.15) is 13.7 Å². The van der Waals surface area contributed by atoms with Gasteiger partial charge in [0.05, 0.1) is 22.3 Å². The molecule has 0 radical (unpaired) electrons. The molecule has 0 saturated carbocycles. The summed E-state index contributed by atoms with van der Waals surface area (Å²) in [6.07, 6.45) is 9.94. The lowest BCUT2D eigenvalue weighted by Crippen LogP contribution is -2.44. The van der Waals surface area contributed by atoms with Crippen molar-refractivity contribution in [2.75, 3.05) is 0 Å². The third-order valence-corrected chi connectivity index (χ3v) is 9.76. The Bertz CT molecular complexity index is 2350. The number of aryl methyl sites for hydroxylation is 1. The molecule has 222 valence electrons. The summed E-state index contributed by atoms with van der Waals surface area (Å²) in [4.78, 5) is 0. The van der Waals surface area contributed by atoms with Gasteiger partial charge in [0, 0.05) is 47.4 Å². The molecular weight excluding hydrogens is 571 g/mol. The number of fused-ring (bicyclic) bond motifs is 8. The number of rotatable bonds is 1. The molecular formula is C44H34N3+3. The maximum absolute atomic E-state index is 2.59. The Balaban J connectivity index is 1.52. The third-order valence-electron chi connectivity index (χ3n) is 9.76. The Morgan fingerprint density at radius 2 is 1.21 bits per heavy atom. The van der Waals surface area contributed by atoms with E-state index in [-0.39, 0.29) is 6.04 Å². The van der Waals surface area contributed by atoms with E-state index in [1.165, 1.54) is 61.5 Å². The van der Waals surface area contributed by atoms with Crippen LogP contribution in [0.4, 0.5) is 0 Å². The van der Waals surface area contributed by atoms with Gasteiger partial charge in [-0.15, -0.1) is 0 Å². The number of hydrogen-bond donors (Lipinski definition) is 0. The molecule has 5 heterocycles. The van der Waals surface area contributed by atoms with Gasteiger partial charge < -0.3 is 0 Å². The first kappa shape index (κ1) is 27.4. The standard InChI is InChI=1S/C44H34N3/c1-31-27-34(32-15-3-2-4-16-32)29-47-42-28-33-17-5-6-18-35(33)41-24-12-14-26-46(41)43(38-21-9-10-22-39(38)44(31)47)30-45-25-13-11-23-40(45)36-19-7-8-20-37(36)42/h2-27,29-30,42H,28H2,1H3/q+3/b43-30-. The van der Waals surface area contributed by atoms with E-state index in [4.69, 9.17) is 0 Å². The van der Waals surface area contributed by atoms with Crippen molar-refractivity contribution in [2.24, 2.45) is 0 Å². The summed E-state index contributed by atoms with van der Waals surface area (Å²) in [6, 6.07) is 53.1. The molecule has 0 amide bonds. The maximum atomic E-state index is 2.59. The van der Waals surface area contributed by atoms with Crippen molar-refractivity contribution in [2.45, 2.75) is 19.4 Å². The lowest BCUT2D eigenvalue weighted by molar-refractivity contribution is -0.702. The first-order valence-corrected chi connectivity index (χ1v) is 16.4. The van der Waals surface area contributed by atoms with Crippen molar-refractivity contribution >= 4 is 11.9 Å². The number of aromatic nitrogens is 3. The average molecular weight is 605 g/mol. The predicted octanol–water partition coefficient (Wildman–Crippen LogP) is 8.49. The van der Waals surface area contributed by atoms with Crippen LogP contribution in [0.1, 0.15) is 28.3 Å². The number of benzene rings is 4. The average Bonchev–Trinajstić information content (AvgIpc) is 3.15. The van der Waals surface area contributed by atoms with E-state index in [1.54, 1.807) is 0 Å². The number of nitrogens with zero attached hydrogens (tertiary/aromatic N) is 3. The van der Waals surface area contributed by atoms with E-state index < -0.39 is 0 Å². The topological polar surface area (TPSA) is 11.6 Å². The van der Waals surface area contributed by atoms with Crippen molar-refractivity contribution in [3.8, 4) is 44.9 Å². The molecule has 0 saturated heterocycles. The molecule has 0 N–H and O–H groups in total. The molecule has 3 heteroatoms. The molecule has 1 atom stereocenters. The van der Waals surface area contributed by atoms with Gasteiger partial charge in [-0.05, 0) is 60.5 Å². The van der Waals surface area contributed by atoms with Crippen LogP contribution in [0.2, 0.25) is 0 Å². The summed E-state index contributed by atoms with van der Waals surface area (Å²) in [5.41, 5.74) is 15.9. The third kappa shape index (κ3) is 4.54. The number of pyridine rings is 3. The summed E-state index contributed by atoms with van der Waals surface area (Å²) in [5, 5.41) is 0. The molecule has 0 fully saturated rings. The summed E-state index contributed by atoms with van der Waals surface area (Å²) >= 11 is 0. The van der Waals surface area contributed by atoms with Crippen LogP contribution in [0.3, 0.4) is 0 Å². The van der Waals surface area contributed by atoms with Gasteiger partial charge in [0.15, 0.2) is 24.6 Å². The Morgan fingerprint density at radius 3 is 2.06 bits per heavy atom. The quantitative estimate of drug-likeness (QED) is 0.167. The minimum absolute atomic E-state index is 0.00300. The van der Waals surface area contributed by atoms with E-state index in [0.29, 0.717) is 0 Å². The predicted molar refractivity (Wildman–Crippen MR) is 188 cm³/mol. The van der Waals surface area contributed by atoms with Gasteiger partial charge in [0.25, 0.3) is 5.70 Å². The Labute approximate surface area is 275 Å². The molecule has 47 heavy (non-hydrogen) atoms. The van der Waals surface area contributed by atoms with E-state index >= 15 is 0 Å². The van der Waals surface area contributed by atoms with Crippen LogP contribution in [0.5, 0.6) is 0 Å². The van der Waals surface area contributed by atoms with Gasteiger partial charge in [-0.25, -0.2) is 0 Å². The first-order chi connectivity index (χ1) is 23.2. The van der Waals surface area contributed by atoms with E-state index in [9.17, 15) is 0 Å². The Morgan fingerprint density at radius 1 is 0.553 bits per heavy atom. The summed E-state index contributed by atoms with van der Waals surface area (Å²) < 4.78 is 7.28. The zero-order valence-corrected chi connectivity index (χ0v) is 26.3. The molecule has 2 aliphatic rings. The lowest BCUT2D eigenvalue weighted by Gasteiger charge is -2.21. The minimum Gasteiger partial charge on any atom is -0.190 e. The van der Waals surface area contributed by atoms with Crippen molar-refractivity contribution < 1.29 is 13.7 Å². The van der Waals surface area contributed by atoms with Gasteiger partial charge in [0.1, 0.15) is 0 Å². The molecule has 2 aliphatic heterocycles. The highest BCUT2D eigenvalue weighted by atomic mass is 15.0. The van der Waals surface area contributed by atoms with Crippen molar-refractivity contribution in [1.29, 1.82) is 0 Å². The second-order valence-corrected chi connectivity index (χ2v) is 12.5. The van der Waals surface area contributed by atoms with Crippen LogP contribution < -0.4 is 13.7 Å². The summed E-state index contributed by atoms with van der Waals surface area (Å²) in [6.45, 7) is 2.28. The van der Waals surface area contributed by atoms with Crippen molar-refractivity contribution in [3.05, 3.63) is 186 Å². The van der Waals surface area contributed by atoms with Crippen LogP contribution in [0.25, 0.3) is 56.8 Å². The molecule has 3 nitrogen and oxygen atoms in total. The lowest BCUT2D eigenvalue weighted by atomic mass is 9.89. The Kier molecular flexibility index (Phi) is 6.50. The Hall–Kier alpha value is -5.93. The summed E-state index contributed by atoms with van der Waals surface area (Å²) in [5.74, 6) is 0. The highest BCUT2D eigenvalue weighted by Gasteiger charge is 2.38. The van der Waals surface area contributed by atoms with Gasteiger partial charge in [-0.1, -0.05) is 78.9 Å². The highest BCUT2D eigenvalue weighted by Crippen LogP contribution is 2.38. The van der Waals surface area contributed by atoms with Gasteiger partial charge in [0.2, 0.25) is 23.3 Å². The fourth-order valence-corrected chi connectivity index (χ4v) is 7.65. The second-order valence-electron chi connectivity index (χ2n) is 12.5. The van der Waals surface area contributed by atoms with Gasteiger partial charge in [-0.3, -0.25) is 0 Å². The normalized spacial score (nSPS) is 15.4. The molecule has 4 aromatic carbocycles. The van der Waals surface area contributed by atoms with Crippen LogP contribution in [0.15, 0.2) is 164 Å². The smallest absolute Gasteiger partial charge is 0.190 e. The van der Waals surface area contributed by atoms with E-state index in [1.807, 2.05) is 0 Å². The van der Waals surface area contributed by atoms with Crippen LogP contribution in [0, 0.1) is 6.92 Å². The molecule has 9 rings (SSSR count). The number of hydrogen-bond acceptors (Lipinski definition) is 0. The largest absolute Gasteiger partial charge is 0.283 e. The zero-order valence-electron chi connectivity index (χ0n) is 26.3. The van der Waals surface area contributed by atoms with Gasteiger partial charge >= 0.3 is 0 Å². The molecule has 0 spiro atoms. The minimum atomic E-state index is 0.00300. The molecule has 1 unspecified atom stereocenters. The van der Waals surface area contributed by atoms with Crippen LogP contribution >= 0.6 is 0 Å². The van der Waals surface area contributed by atoms with Crippen molar-refractivity contribution in [1.82, 2.24) is 0 Å². The maximum Gasteiger partial charge on any atom is 0.283 e. The fraction of sp³-hybridized carbons (Fsp3) is 0.0682. The van der Waals surface area contributed by atoms with E-state index in [2.05, 4.69) is 191 Å². The van der Waals surface area contributed by atoms with E-state index in [0.717, 1.165) is 17.8 Å². The molecule has 7 aromatic rings.